The first-order valence-corrected chi connectivity index (χ1v) is 11.0. The SMILES string of the molecule is [C-]#[N+]c1ccc2nccc(Nc3ccc(C(=O)Nc4ccc(Cc5ccncc5)cc4)cn3)c2c1. The van der Waals surface area contributed by atoms with Crippen LogP contribution in [-0.2, 0) is 6.42 Å². The summed E-state index contributed by atoms with van der Waals surface area (Å²) in [4.78, 5) is 29.0. The molecule has 0 aliphatic heterocycles. The Kier molecular flexibility index (Phi) is 6.09. The van der Waals surface area contributed by atoms with Gasteiger partial charge in [-0.3, -0.25) is 14.8 Å². The fourth-order valence-corrected chi connectivity index (χ4v) is 3.70. The molecule has 2 N–H and O–H groups in total. The van der Waals surface area contributed by atoms with Crippen LogP contribution in [0, 0.1) is 6.57 Å². The Morgan fingerprint density at radius 2 is 1.66 bits per heavy atom. The molecule has 5 aromatic rings. The molecule has 1 amide bonds. The molecule has 0 saturated carbocycles. The number of aromatic nitrogens is 3. The van der Waals surface area contributed by atoms with E-state index in [2.05, 4.69) is 30.4 Å². The summed E-state index contributed by atoms with van der Waals surface area (Å²) in [6.07, 6.45) is 7.60. The lowest BCUT2D eigenvalue weighted by Gasteiger charge is -2.10. The van der Waals surface area contributed by atoms with Crippen molar-refractivity contribution in [3.8, 4) is 0 Å². The van der Waals surface area contributed by atoms with Crippen molar-refractivity contribution in [3.05, 3.63) is 126 Å². The maximum atomic E-state index is 12.7. The normalized spacial score (nSPS) is 10.5. The van der Waals surface area contributed by atoms with E-state index in [1.807, 2.05) is 48.5 Å². The van der Waals surface area contributed by atoms with Gasteiger partial charge < -0.3 is 10.6 Å². The first-order chi connectivity index (χ1) is 17.2. The van der Waals surface area contributed by atoms with Crippen molar-refractivity contribution in [1.82, 2.24) is 15.0 Å². The highest BCUT2D eigenvalue weighted by molar-refractivity contribution is 6.04. The molecule has 35 heavy (non-hydrogen) atoms. The van der Waals surface area contributed by atoms with Crippen LogP contribution in [0.15, 0.2) is 97.6 Å². The fourth-order valence-electron chi connectivity index (χ4n) is 3.70. The molecule has 0 aliphatic rings. The Bertz CT molecular complexity index is 1520. The van der Waals surface area contributed by atoms with Gasteiger partial charge in [0.05, 0.1) is 17.7 Å². The molecule has 168 valence electrons. The van der Waals surface area contributed by atoms with E-state index in [0.717, 1.165) is 34.3 Å². The first-order valence-electron chi connectivity index (χ1n) is 11.0. The van der Waals surface area contributed by atoms with E-state index in [1.54, 1.807) is 42.9 Å². The number of hydrogen-bond acceptors (Lipinski definition) is 5. The lowest BCUT2D eigenvalue weighted by molar-refractivity contribution is 0.102. The number of anilines is 3. The largest absolute Gasteiger partial charge is 0.340 e. The van der Waals surface area contributed by atoms with Crippen molar-refractivity contribution in [2.75, 3.05) is 10.6 Å². The maximum Gasteiger partial charge on any atom is 0.257 e. The molecule has 5 rings (SSSR count). The highest BCUT2D eigenvalue weighted by atomic mass is 16.1. The molecule has 0 saturated heterocycles. The first kappa shape index (κ1) is 21.7. The molecule has 0 aliphatic carbocycles. The second kappa shape index (κ2) is 9.81. The highest BCUT2D eigenvalue weighted by Gasteiger charge is 2.09. The summed E-state index contributed by atoms with van der Waals surface area (Å²) in [6.45, 7) is 7.24. The van der Waals surface area contributed by atoms with Crippen molar-refractivity contribution in [2.24, 2.45) is 0 Å². The molecule has 3 aromatic heterocycles. The molecule has 0 fully saturated rings. The number of nitrogens with one attached hydrogen (secondary N) is 2. The van der Waals surface area contributed by atoms with Crippen LogP contribution in [-0.4, -0.2) is 20.9 Å². The standard InChI is InChI=1S/C28H20N6O/c1-29-23-7-8-25-24(17-23)26(12-15-31-25)34-27-9-4-21(18-32-27)28(35)33-22-5-2-19(3-6-22)16-20-10-13-30-14-11-20/h2-15,17-18H,16H2,(H,33,35)(H,31,32,34). The number of amides is 1. The molecule has 0 unspecified atom stereocenters. The van der Waals surface area contributed by atoms with E-state index in [9.17, 15) is 4.79 Å². The van der Waals surface area contributed by atoms with Crippen molar-refractivity contribution < 1.29 is 4.79 Å². The summed E-state index contributed by atoms with van der Waals surface area (Å²) < 4.78 is 0. The molecule has 0 spiro atoms. The van der Waals surface area contributed by atoms with E-state index in [0.29, 0.717) is 17.1 Å². The van der Waals surface area contributed by atoms with Crippen LogP contribution in [0.1, 0.15) is 21.5 Å². The topological polar surface area (TPSA) is 84.2 Å². The fraction of sp³-hybridized carbons (Fsp3) is 0.0357. The molecule has 7 heteroatoms. The molecular weight excluding hydrogens is 436 g/mol. The van der Waals surface area contributed by atoms with Crippen molar-refractivity contribution in [3.63, 3.8) is 0 Å². The summed E-state index contributed by atoms with van der Waals surface area (Å²) in [5, 5.41) is 6.99. The van der Waals surface area contributed by atoms with Crippen LogP contribution in [0.25, 0.3) is 15.7 Å². The maximum absolute atomic E-state index is 12.7. The predicted octanol–water partition coefficient (Wildman–Crippen LogP) is 6.16. The quantitative estimate of drug-likeness (QED) is 0.299. The van der Waals surface area contributed by atoms with Gasteiger partial charge in [-0.1, -0.05) is 18.2 Å². The Hall–Kier alpha value is -5.09. The zero-order chi connectivity index (χ0) is 24.0. The molecular formula is C28H20N6O. The van der Waals surface area contributed by atoms with Crippen molar-refractivity contribution in [2.45, 2.75) is 6.42 Å². The molecule has 0 atom stereocenters. The van der Waals surface area contributed by atoms with Gasteiger partial charge in [0.15, 0.2) is 5.69 Å². The lowest BCUT2D eigenvalue weighted by atomic mass is 10.1. The van der Waals surface area contributed by atoms with Gasteiger partial charge in [0.25, 0.3) is 5.91 Å². The van der Waals surface area contributed by atoms with Crippen LogP contribution in [0.4, 0.5) is 22.9 Å². The number of carbonyl (C=O) groups excluding carboxylic acids is 1. The van der Waals surface area contributed by atoms with Gasteiger partial charge in [0.2, 0.25) is 0 Å². The number of rotatable bonds is 6. The molecule has 0 radical (unpaired) electrons. The predicted molar refractivity (Wildman–Crippen MR) is 137 cm³/mol. The minimum Gasteiger partial charge on any atom is -0.340 e. The second-order valence-electron chi connectivity index (χ2n) is 7.91. The Morgan fingerprint density at radius 3 is 2.40 bits per heavy atom. The molecule has 0 bridgehead atoms. The van der Waals surface area contributed by atoms with Crippen LogP contribution in [0.2, 0.25) is 0 Å². The van der Waals surface area contributed by atoms with E-state index < -0.39 is 0 Å². The molecule has 3 heterocycles. The third-order valence-corrected chi connectivity index (χ3v) is 5.51. The van der Waals surface area contributed by atoms with Gasteiger partial charge in [-0.25, -0.2) is 9.83 Å². The third kappa shape index (κ3) is 5.13. The number of nitrogens with zero attached hydrogens (tertiary/aromatic N) is 4. The van der Waals surface area contributed by atoms with Crippen LogP contribution < -0.4 is 10.6 Å². The van der Waals surface area contributed by atoms with Crippen LogP contribution >= 0.6 is 0 Å². The van der Waals surface area contributed by atoms with Crippen molar-refractivity contribution >= 4 is 39.7 Å². The number of benzene rings is 2. The average molecular weight is 457 g/mol. The lowest BCUT2D eigenvalue weighted by Crippen LogP contribution is -2.12. The number of hydrogen-bond donors (Lipinski definition) is 2. The Morgan fingerprint density at radius 1 is 0.857 bits per heavy atom. The van der Waals surface area contributed by atoms with E-state index in [4.69, 9.17) is 6.57 Å². The summed E-state index contributed by atoms with van der Waals surface area (Å²) in [5.74, 6) is 0.352. The van der Waals surface area contributed by atoms with Gasteiger partial charge in [-0.05, 0) is 72.1 Å². The highest BCUT2D eigenvalue weighted by Crippen LogP contribution is 2.28. The van der Waals surface area contributed by atoms with E-state index in [1.165, 1.54) is 11.8 Å². The van der Waals surface area contributed by atoms with Gasteiger partial charge in [-0.2, -0.15) is 0 Å². The average Bonchev–Trinajstić information content (AvgIpc) is 2.91. The summed E-state index contributed by atoms with van der Waals surface area (Å²) in [6, 6.07) is 22.4. The van der Waals surface area contributed by atoms with Crippen LogP contribution in [0.3, 0.4) is 0 Å². The van der Waals surface area contributed by atoms with Gasteiger partial charge in [0, 0.05) is 41.5 Å². The van der Waals surface area contributed by atoms with Gasteiger partial charge in [0.1, 0.15) is 5.82 Å². The summed E-state index contributed by atoms with van der Waals surface area (Å²) in [5.41, 5.74) is 5.61. The van der Waals surface area contributed by atoms with Gasteiger partial charge in [-0.15, -0.1) is 0 Å². The zero-order valence-corrected chi connectivity index (χ0v) is 18.6. The summed E-state index contributed by atoms with van der Waals surface area (Å²) in [7, 11) is 0. The third-order valence-electron chi connectivity index (χ3n) is 5.51. The monoisotopic (exact) mass is 456 g/mol. The minimum absolute atomic E-state index is 0.234. The minimum atomic E-state index is -0.234. The number of pyridine rings is 3. The number of fused-ring (bicyclic) bond motifs is 1. The summed E-state index contributed by atoms with van der Waals surface area (Å²) >= 11 is 0. The van der Waals surface area contributed by atoms with Gasteiger partial charge >= 0.3 is 0 Å². The van der Waals surface area contributed by atoms with E-state index in [-0.39, 0.29) is 5.91 Å². The second-order valence-corrected chi connectivity index (χ2v) is 7.91. The van der Waals surface area contributed by atoms with Crippen LogP contribution in [0.5, 0.6) is 0 Å². The Labute approximate surface area is 202 Å². The molecule has 2 aromatic carbocycles. The Balaban J connectivity index is 1.25. The zero-order valence-electron chi connectivity index (χ0n) is 18.6. The smallest absolute Gasteiger partial charge is 0.257 e. The van der Waals surface area contributed by atoms with E-state index >= 15 is 0 Å². The number of carbonyl (C=O) groups is 1. The van der Waals surface area contributed by atoms with Crippen molar-refractivity contribution in [1.29, 1.82) is 0 Å². The molecule has 7 nitrogen and oxygen atoms in total.